The molecule has 4 rings (SSSR count). The first-order valence-electron chi connectivity index (χ1n) is 8.61. The maximum Gasteiger partial charge on any atom is 0.297 e. The molecule has 4 nitrogen and oxygen atoms in total. The maximum absolute atomic E-state index is 13.1. The van der Waals surface area contributed by atoms with Crippen LogP contribution in [0.4, 0.5) is 14.6 Å². The zero-order valence-electron chi connectivity index (χ0n) is 13.5. The number of hydrogen-bond donors (Lipinski definition) is 1. The van der Waals surface area contributed by atoms with Crippen molar-refractivity contribution in [3.63, 3.8) is 0 Å². The molecule has 1 N–H and O–H groups in total. The Bertz CT molecular complexity index is 731. The number of para-hydroxylation sites is 1. The van der Waals surface area contributed by atoms with E-state index in [1.165, 1.54) is 12.8 Å². The normalized spacial score (nSPS) is 23.2. The van der Waals surface area contributed by atoms with Crippen LogP contribution in [0.5, 0.6) is 0 Å². The van der Waals surface area contributed by atoms with Crippen LogP contribution in [0, 0.1) is 0 Å². The summed E-state index contributed by atoms with van der Waals surface area (Å²) in [4.78, 5) is 8.07. The number of ether oxygens (including phenoxy) is 1. The van der Waals surface area contributed by atoms with Gasteiger partial charge in [0.05, 0.1) is 11.1 Å². The first-order chi connectivity index (χ1) is 11.7. The second kappa shape index (κ2) is 6.24. The summed E-state index contributed by atoms with van der Waals surface area (Å²) in [5, 5.41) is 4.19. The molecule has 1 saturated heterocycles. The summed E-state index contributed by atoms with van der Waals surface area (Å²) in [6.07, 6.45) is 3.71. The van der Waals surface area contributed by atoms with E-state index in [2.05, 4.69) is 15.3 Å². The molecule has 1 aromatic heterocycles. The predicted octanol–water partition coefficient (Wildman–Crippen LogP) is 4.47. The van der Waals surface area contributed by atoms with E-state index in [4.69, 9.17) is 4.74 Å². The van der Waals surface area contributed by atoms with E-state index >= 15 is 0 Å². The Labute approximate surface area is 139 Å². The SMILES string of the molecule is FC(F)c1nc(NC2CCOC3(CCCC3)C2)c2ccccc2n1. The fraction of sp³-hybridized carbons (Fsp3) is 0.556. The molecule has 1 unspecified atom stereocenters. The van der Waals surface area contributed by atoms with E-state index in [0.717, 1.165) is 31.1 Å². The molecular formula is C18H21F2N3O. The van der Waals surface area contributed by atoms with Gasteiger partial charge in [-0.3, -0.25) is 0 Å². The number of halogens is 2. The van der Waals surface area contributed by atoms with Gasteiger partial charge in [-0.15, -0.1) is 0 Å². The second-order valence-electron chi connectivity index (χ2n) is 6.82. The Morgan fingerprint density at radius 1 is 1.17 bits per heavy atom. The van der Waals surface area contributed by atoms with Gasteiger partial charge >= 0.3 is 0 Å². The molecule has 0 radical (unpaired) electrons. The number of nitrogens with zero attached hydrogens (tertiary/aromatic N) is 2. The average Bonchev–Trinajstić information content (AvgIpc) is 3.02. The minimum absolute atomic E-state index is 0.0235. The lowest BCUT2D eigenvalue weighted by molar-refractivity contribution is -0.0767. The summed E-state index contributed by atoms with van der Waals surface area (Å²) in [5.41, 5.74) is 0.526. The van der Waals surface area contributed by atoms with Crippen molar-refractivity contribution in [1.29, 1.82) is 0 Å². The molecule has 24 heavy (non-hydrogen) atoms. The van der Waals surface area contributed by atoms with Crippen LogP contribution in [0.3, 0.4) is 0 Å². The van der Waals surface area contributed by atoms with E-state index in [9.17, 15) is 8.78 Å². The minimum atomic E-state index is -2.67. The van der Waals surface area contributed by atoms with Crippen molar-refractivity contribution in [2.24, 2.45) is 0 Å². The summed E-state index contributed by atoms with van der Waals surface area (Å²) >= 11 is 0. The Kier molecular flexibility index (Phi) is 4.08. The van der Waals surface area contributed by atoms with Crippen LogP contribution < -0.4 is 5.32 Å². The largest absolute Gasteiger partial charge is 0.375 e. The van der Waals surface area contributed by atoms with Gasteiger partial charge in [-0.25, -0.2) is 18.7 Å². The smallest absolute Gasteiger partial charge is 0.297 e. The highest BCUT2D eigenvalue weighted by Crippen LogP contribution is 2.40. The third kappa shape index (κ3) is 2.95. The standard InChI is InChI=1S/C18H21F2N3O/c19-15(20)17-22-14-6-2-1-5-13(14)16(23-17)21-12-7-10-24-18(11-12)8-3-4-9-18/h1-2,5-6,12,15H,3-4,7-11H2,(H,21,22,23). The van der Waals surface area contributed by atoms with Gasteiger partial charge in [-0.1, -0.05) is 25.0 Å². The third-order valence-electron chi connectivity index (χ3n) is 5.16. The van der Waals surface area contributed by atoms with Gasteiger partial charge in [0.15, 0.2) is 5.82 Å². The van der Waals surface area contributed by atoms with Gasteiger partial charge in [0.25, 0.3) is 6.43 Å². The molecule has 0 amide bonds. The van der Waals surface area contributed by atoms with Crippen LogP contribution in [0.25, 0.3) is 10.9 Å². The topological polar surface area (TPSA) is 47.0 Å². The van der Waals surface area contributed by atoms with Gasteiger partial charge in [0.2, 0.25) is 0 Å². The second-order valence-corrected chi connectivity index (χ2v) is 6.82. The molecule has 2 aliphatic rings. The van der Waals surface area contributed by atoms with Crippen LogP contribution in [0.15, 0.2) is 24.3 Å². The highest BCUT2D eigenvalue weighted by atomic mass is 19.3. The Hall–Kier alpha value is -1.82. The zero-order chi connectivity index (χ0) is 16.6. The lowest BCUT2D eigenvalue weighted by atomic mass is 9.89. The van der Waals surface area contributed by atoms with Crippen molar-refractivity contribution in [2.75, 3.05) is 11.9 Å². The van der Waals surface area contributed by atoms with Gasteiger partial charge in [0, 0.05) is 18.0 Å². The molecule has 1 saturated carbocycles. The molecule has 1 aliphatic carbocycles. The maximum atomic E-state index is 13.1. The van der Waals surface area contributed by atoms with Crippen LogP contribution >= 0.6 is 0 Å². The van der Waals surface area contributed by atoms with Gasteiger partial charge in [0.1, 0.15) is 5.82 Å². The van der Waals surface area contributed by atoms with Crippen LogP contribution in [0.1, 0.15) is 50.8 Å². The highest BCUT2D eigenvalue weighted by molar-refractivity contribution is 5.89. The third-order valence-corrected chi connectivity index (χ3v) is 5.16. The number of anilines is 1. The van der Waals surface area contributed by atoms with Crippen LogP contribution in [0.2, 0.25) is 0 Å². The minimum Gasteiger partial charge on any atom is -0.375 e. The summed E-state index contributed by atoms with van der Waals surface area (Å²) in [7, 11) is 0. The first-order valence-corrected chi connectivity index (χ1v) is 8.61. The van der Waals surface area contributed by atoms with Crippen LogP contribution in [-0.2, 0) is 4.74 Å². The molecule has 2 aromatic rings. The molecule has 1 spiro atoms. The molecule has 128 valence electrons. The number of hydrogen-bond acceptors (Lipinski definition) is 4. The highest BCUT2D eigenvalue weighted by Gasteiger charge is 2.40. The van der Waals surface area contributed by atoms with Crippen LogP contribution in [-0.4, -0.2) is 28.2 Å². The van der Waals surface area contributed by atoms with Crippen molar-refractivity contribution in [1.82, 2.24) is 9.97 Å². The monoisotopic (exact) mass is 333 g/mol. The Morgan fingerprint density at radius 3 is 2.75 bits per heavy atom. The predicted molar refractivity (Wildman–Crippen MR) is 88.3 cm³/mol. The molecular weight excluding hydrogens is 312 g/mol. The van der Waals surface area contributed by atoms with Crippen molar-refractivity contribution >= 4 is 16.7 Å². The summed E-state index contributed by atoms with van der Waals surface area (Å²) in [6, 6.07) is 7.49. The van der Waals surface area contributed by atoms with E-state index in [1.807, 2.05) is 12.1 Å². The van der Waals surface area contributed by atoms with E-state index < -0.39 is 12.2 Å². The number of nitrogens with one attached hydrogen (secondary N) is 1. The van der Waals surface area contributed by atoms with E-state index in [1.54, 1.807) is 12.1 Å². The molecule has 2 heterocycles. The number of alkyl halides is 2. The quantitative estimate of drug-likeness (QED) is 0.900. The molecule has 1 atom stereocenters. The van der Waals surface area contributed by atoms with E-state index in [-0.39, 0.29) is 11.6 Å². The molecule has 1 aliphatic heterocycles. The van der Waals surface area contributed by atoms with Gasteiger partial charge in [-0.2, -0.15) is 0 Å². The fourth-order valence-electron chi connectivity index (χ4n) is 4.01. The van der Waals surface area contributed by atoms with Gasteiger partial charge in [-0.05, 0) is 37.8 Å². The Balaban J connectivity index is 1.63. The number of benzene rings is 1. The summed E-state index contributed by atoms with van der Waals surface area (Å²) in [6.45, 7) is 0.711. The van der Waals surface area contributed by atoms with Crippen molar-refractivity contribution in [2.45, 2.75) is 56.6 Å². The number of aromatic nitrogens is 2. The number of fused-ring (bicyclic) bond motifs is 1. The lowest BCUT2D eigenvalue weighted by Crippen LogP contribution is -2.42. The first kappa shape index (κ1) is 15.7. The van der Waals surface area contributed by atoms with E-state index in [0.29, 0.717) is 17.9 Å². The van der Waals surface area contributed by atoms with Gasteiger partial charge < -0.3 is 10.1 Å². The zero-order valence-corrected chi connectivity index (χ0v) is 13.5. The molecule has 0 bridgehead atoms. The number of rotatable bonds is 3. The Morgan fingerprint density at radius 2 is 1.96 bits per heavy atom. The van der Waals surface area contributed by atoms with Crippen molar-refractivity contribution in [3.05, 3.63) is 30.1 Å². The summed E-state index contributed by atoms with van der Waals surface area (Å²) < 4.78 is 32.3. The average molecular weight is 333 g/mol. The summed E-state index contributed by atoms with van der Waals surface area (Å²) in [5.74, 6) is 0.0924. The fourth-order valence-corrected chi connectivity index (χ4v) is 4.01. The lowest BCUT2D eigenvalue weighted by Gasteiger charge is -2.38. The van der Waals surface area contributed by atoms with Crippen molar-refractivity contribution < 1.29 is 13.5 Å². The molecule has 6 heteroatoms. The molecule has 1 aromatic carbocycles. The molecule has 2 fully saturated rings. The van der Waals surface area contributed by atoms with Crippen molar-refractivity contribution in [3.8, 4) is 0 Å².